The molecule has 3 saturated carbocycles. The molecule has 5 N–H and O–H groups in total. The van der Waals surface area contributed by atoms with Gasteiger partial charge < -0.3 is 25.5 Å². The quantitative estimate of drug-likeness (QED) is 0.413. The van der Waals surface area contributed by atoms with E-state index in [0.29, 0.717) is 32.1 Å². The number of carbonyl (C=O) groups is 1. The Kier molecular flexibility index (Phi) is 6.45. The van der Waals surface area contributed by atoms with Gasteiger partial charge in [0.25, 0.3) is 0 Å². The number of hydrogen-bond acceptors (Lipinski definition) is 6. The van der Waals surface area contributed by atoms with Gasteiger partial charge in [-0.15, -0.1) is 0 Å². The topological polar surface area (TPSA) is 118 Å². The molecule has 4 aliphatic rings. The fraction of sp³-hybridized carbons (Fsp3) is 0.889. The molecule has 188 valence electrons. The van der Waals surface area contributed by atoms with Gasteiger partial charge in [-0.2, -0.15) is 0 Å². The molecule has 0 aromatic carbocycles. The smallest absolute Gasteiger partial charge is 0.159 e. The fourth-order valence-corrected chi connectivity index (χ4v) is 8.27. The summed E-state index contributed by atoms with van der Waals surface area (Å²) in [7, 11) is 0. The highest BCUT2D eigenvalue weighted by Gasteiger charge is 2.66. The van der Waals surface area contributed by atoms with E-state index in [1.165, 1.54) is 0 Å². The molecule has 0 heterocycles. The molecule has 4 aliphatic carbocycles. The van der Waals surface area contributed by atoms with Crippen molar-refractivity contribution in [2.75, 3.05) is 6.61 Å². The Bertz CT molecular complexity index is 806. The normalized spacial score (nSPS) is 46.5. The van der Waals surface area contributed by atoms with Gasteiger partial charge in [0.05, 0.1) is 30.0 Å². The van der Waals surface area contributed by atoms with Gasteiger partial charge in [0, 0.05) is 11.3 Å². The highest BCUT2D eigenvalue weighted by Crippen LogP contribution is 2.68. The van der Waals surface area contributed by atoms with Crippen LogP contribution in [0.1, 0.15) is 85.5 Å². The van der Waals surface area contributed by atoms with Crippen molar-refractivity contribution in [2.24, 2.45) is 34.5 Å². The molecule has 0 aromatic heterocycles. The number of fused-ring (bicyclic) bond motifs is 5. The Hall–Kier alpha value is -0.790. The fourth-order valence-electron chi connectivity index (χ4n) is 8.27. The number of carbonyl (C=O) groups excluding carboxylic acids is 1. The van der Waals surface area contributed by atoms with Crippen molar-refractivity contribution in [3.63, 3.8) is 0 Å². The maximum atomic E-state index is 13.2. The number of aliphatic hydroxyl groups is 5. The third-order valence-corrected chi connectivity index (χ3v) is 10.7. The van der Waals surface area contributed by atoms with Crippen molar-refractivity contribution in [2.45, 2.75) is 109 Å². The third kappa shape index (κ3) is 3.85. The van der Waals surface area contributed by atoms with Crippen molar-refractivity contribution >= 4 is 5.78 Å². The number of ketones is 1. The lowest BCUT2D eigenvalue weighted by molar-refractivity contribution is -0.142. The summed E-state index contributed by atoms with van der Waals surface area (Å²) in [6.07, 6.45) is 6.59. The molecule has 0 aliphatic heterocycles. The highest BCUT2D eigenvalue weighted by atomic mass is 16.3. The zero-order valence-corrected chi connectivity index (χ0v) is 20.8. The number of hydrogen-bond donors (Lipinski definition) is 5. The minimum atomic E-state index is -1.20. The van der Waals surface area contributed by atoms with Gasteiger partial charge >= 0.3 is 0 Å². The van der Waals surface area contributed by atoms with Crippen LogP contribution in [-0.4, -0.2) is 61.3 Å². The van der Waals surface area contributed by atoms with Crippen LogP contribution in [0.3, 0.4) is 0 Å². The van der Waals surface area contributed by atoms with E-state index in [1.807, 2.05) is 6.92 Å². The maximum absolute atomic E-state index is 13.2. The zero-order chi connectivity index (χ0) is 24.4. The minimum absolute atomic E-state index is 0.0583. The van der Waals surface area contributed by atoms with Crippen LogP contribution in [0.4, 0.5) is 0 Å². The largest absolute Gasteiger partial charge is 0.393 e. The van der Waals surface area contributed by atoms with E-state index in [4.69, 9.17) is 0 Å². The molecule has 0 bridgehead atoms. The molecule has 0 radical (unpaired) electrons. The molecular weight excluding hydrogens is 420 g/mol. The first-order valence-corrected chi connectivity index (χ1v) is 13.0. The molecular formula is C27H44O6. The SMILES string of the molecule is CC([C@H](O)CCC(C)(O)CO)[C@H]1CC[C@@]2(O)C3=CC(=O)[C@@H]4C[C@H](O)CC[C@]4(C)C3CC[C@]12C. The molecule has 6 nitrogen and oxygen atoms in total. The van der Waals surface area contributed by atoms with E-state index in [2.05, 4.69) is 13.8 Å². The van der Waals surface area contributed by atoms with Crippen molar-refractivity contribution in [3.05, 3.63) is 11.6 Å². The van der Waals surface area contributed by atoms with Gasteiger partial charge in [0.15, 0.2) is 5.78 Å². The second-order valence-corrected chi connectivity index (χ2v) is 12.6. The molecule has 4 rings (SSSR count). The summed E-state index contributed by atoms with van der Waals surface area (Å²) in [6.45, 7) is 7.60. The first kappa shape index (κ1) is 25.3. The highest BCUT2D eigenvalue weighted by molar-refractivity contribution is 5.95. The zero-order valence-electron chi connectivity index (χ0n) is 20.8. The Labute approximate surface area is 198 Å². The molecule has 10 atom stereocenters. The Balaban J connectivity index is 1.59. The standard InChI is InChI=1S/C27H44O6/c1-16(22(30)8-9-24(2,32)15-28)18-7-12-27(33)20-14-23(31)21-13-17(29)5-10-25(21,3)19(20)6-11-26(18,27)4/h14,16-19,21-22,28-30,32-33H,5-13,15H2,1-4H3/t16?,17-,18-,19?,21+,22-,24?,25-,26-,27-/m1/s1. The summed E-state index contributed by atoms with van der Waals surface area (Å²) in [5.74, 6) is 0.0860. The van der Waals surface area contributed by atoms with Gasteiger partial charge in [-0.1, -0.05) is 20.8 Å². The summed E-state index contributed by atoms with van der Waals surface area (Å²) >= 11 is 0. The van der Waals surface area contributed by atoms with Gasteiger partial charge in [0.2, 0.25) is 0 Å². The van der Waals surface area contributed by atoms with Crippen LogP contribution in [0.5, 0.6) is 0 Å². The average Bonchev–Trinajstić information content (AvgIpc) is 3.04. The van der Waals surface area contributed by atoms with E-state index in [1.54, 1.807) is 13.0 Å². The van der Waals surface area contributed by atoms with E-state index >= 15 is 0 Å². The van der Waals surface area contributed by atoms with Crippen LogP contribution in [0.15, 0.2) is 11.6 Å². The lowest BCUT2D eigenvalue weighted by Gasteiger charge is -2.59. The predicted octanol–water partition coefficient (Wildman–Crippen LogP) is 2.74. The Morgan fingerprint density at radius 1 is 1.15 bits per heavy atom. The molecule has 3 fully saturated rings. The summed E-state index contributed by atoms with van der Waals surface area (Å²) in [5.41, 5.74) is -1.98. The van der Waals surface area contributed by atoms with Gasteiger partial charge in [-0.05, 0) is 99.5 Å². The average molecular weight is 465 g/mol. The first-order chi connectivity index (χ1) is 15.3. The lowest BCUT2D eigenvalue weighted by Crippen LogP contribution is -2.59. The summed E-state index contributed by atoms with van der Waals surface area (Å²) in [5, 5.41) is 52.8. The lowest BCUT2D eigenvalue weighted by atomic mass is 9.46. The van der Waals surface area contributed by atoms with Crippen LogP contribution in [0.25, 0.3) is 0 Å². The van der Waals surface area contributed by atoms with Gasteiger partial charge in [-0.3, -0.25) is 4.79 Å². The van der Waals surface area contributed by atoms with Crippen molar-refractivity contribution < 1.29 is 30.3 Å². The van der Waals surface area contributed by atoms with Crippen molar-refractivity contribution in [3.8, 4) is 0 Å². The van der Waals surface area contributed by atoms with Crippen molar-refractivity contribution in [1.29, 1.82) is 0 Å². The number of aliphatic hydroxyl groups excluding tert-OH is 3. The van der Waals surface area contributed by atoms with Gasteiger partial charge in [-0.25, -0.2) is 0 Å². The maximum Gasteiger partial charge on any atom is 0.159 e. The second-order valence-electron chi connectivity index (χ2n) is 12.6. The van der Waals surface area contributed by atoms with E-state index in [-0.39, 0.29) is 41.5 Å². The molecule has 33 heavy (non-hydrogen) atoms. The summed E-state index contributed by atoms with van der Waals surface area (Å²) in [6, 6.07) is 0. The second kappa shape index (κ2) is 8.41. The molecule has 0 spiro atoms. The molecule has 3 unspecified atom stereocenters. The van der Waals surface area contributed by atoms with Crippen LogP contribution in [0, 0.1) is 34.5 Å². The molecule has 0 saturated heterocycles. The third-order valence-electron chi connectivity index (χ3n) is 10.7. The van der Waals surface area contributed by atoms with Crippen molar-refractivity contribution in [1.82, 2.24) is 0 Å². The monoisotopic (exact) mass is 464 g/mol. The molecule has 0 amide bonds. The van der Waals surface area contributed by atoms with E-state index in [0.717, 1.165) is 31.3 Å². The molecule has 0 aromatic rings. The summed E-state index contributed by atoms with van der Waals surface area (Å²) < 4.78 is 0. The number of allylic oxidation sites excluding steroid dienone is 1. The van der Waals surface area contributed by atoms with Crippen LogP contribution >= 0.6 is 0 Å². The molecule has 6 heteroatoms. The van der Waals surface area contributed by atoms with Gasteiger partial charge in [0.1, 0.15) is 0 Å². The van der Waals surface area contributed by atoms with E-state index < -0.39 is 28.8 Å². The van der Waals surface area contributed by atoms with Crippen LogP contribution in [-0.2, 0) is 4.79 Å². The predicted molar refractivity (Wildman–Crippen MR) is 125 cm³/mol. The first-order valence-electron chi connectivity index (χ1n) is 13.0. The Morgan fingerprint density at radius 2 is 1.85 bits per heavy atom. The van der Waals surface area contributed by atoms with Crippen LogP contribution < -0.4 is 0 Å². The van der Waals surface area contributed by atoms with E-state index in [9.17, 15) is 30.3 Å². The minimum Gasteiger partial charge on any atom is -0.393 e. The number of rotatable bonds is 6. The van der Waals surface area contributed by atoms with Crippen LogP contribution in [0.2, 0.25) is 0 Å². The summed E-state index contributed by atoms with van der Waals surface area (Å²) in [4.78, 5) is 13.2. The Morgan fingerprint density at radius 3 is 2.52 bits per heavy atom.